The Bertz CT molecular complexity index is 1340. The zero-order valence-electron chi connectivity index (χ0n) is 26.1. The highest BCUT2D eigenvalue weighted by molar-refractivity contribution is 7.48. The van der Waals surface area contributed by atoms with Crippen molar-refractivity contribution in [3.63, 3.8) is 0 Å². The molecule has 2 aliphatic heterocycles. The van der Waals surface area contributed by atoms with Gasteiger partial charge in [-0.15, -0.1) is 0 Å². The number of nitrogens with zero attached hydrogens (tertiary/aromatic N) is 2. The van der Waals surface area contributed by atoms with Gasteiger partial charge in [-0.3, -0.25) is 22.9 Å². The van der Waals surface area contributed by atoms with Crippen LogP contribution in [0.2, 0.25) is 0 Å². The molecule has 0 bridgehead atoms. The van der Waals surface area contributed by atoms with Crippen molar-refractivity contribution in [3.8, 4) is 0 Å². The number of phosphoric ester groups is 1. The predicted molar refractivity (Wildman–Crippen MR) is 172 cm³/mol. The summed E-state index contributed by atoms with van der Waals surface area (Å²) in [7, 11) is -4.13. The van der Waals surface area contributed by atoms with E-state index in [1.54, 1.807) is 0 Å². The number of aromatic nitrogens is 2. The number of nitrogens with one attached hydrogen (secondary N) is 1. The first-order valence-electron chi connectivity index (χ1n) is 15.4. The lowest BCUT2D eigenvalue weighted by molar-refractivity contribution is -0.121. The van der Waals surface area contributed by atoms with Crippen molar-refractivity contribution < 1.29 is 32.1 Å². The number of hydrogen-bond acceptors (Lipinski definition) is 9. The summed E-state index contributed by atoms with van der Waals surface area (Å²) >= 11 is 0. The van der Waals surface area contributed by atoms with E-state index in [1.807, 2.05) is 0 Å². The quantitative estimate of drug-likeness (QED) is 0.111. The molecule has 2 fully saturated rings. The third-order valence-electron chi connectivity index (χ3n) is 7.03. The van der Waals surface area contributed by atoms with Gasteiger partial charge in [-0.2, -0.15) is 4.98 Å². The predicted octanol–water partition coefficient (Wildman–Crippen LogP) is 6.03. The number of unbranched alkanes of at least 4 members (excludes halogenated alkanes) is 1. The fourth-order valence-corrected chi connectivity index (χ4v) is 6.16. The van der Waals surface area contributed by atoms with Crippen molar-refractivity contribution in [3.05, 3.63) is 83.5 Å². The molecule has 0 aromatic carbocycles. The second-order valence-electron chi connectivity index (χ2n) is 10.8. The number of allylic oxidation sites excluding steroid dienone is 10. The number of amides is 1. The number of ether oxygens (including phenoxy) is 1. The Morgan fingerprint density at radius 3 is 2.38 bits per heavy atom. The molecule has 3 rings (SSSR count). The maximum Gasteiger partial charge on any atom is 0.475 e. The fourth-order valence-electron chi connectivity index (χ4n) is 4.70. The molecular formula is C32H46FN4O7P. The van der Waals surface area contributed by atoms with Crippen LogP contribution in [0.3, 0.4) is 0 Å². The number of rotatable bonds is 18. The normalized spacial score (nSPS) is 27.0. The largest absolute Gasteiger partial charge is 0.475 e. The van der Waals surface area contributed by atoms with Gasteiger partial charge in [0.05, 0.1) is 13.2 Å². The van der Waals surface area contributed by atoms with Crippen molar-refractivity contribution in [1.82, 2.24) is 14.9 Å². The van der Waals surface area contributed by atoms with E-state index in [-0.39, 0.29) is 31.5 Å². The molecule has 3 N–H and O–H groups in total. The molecule has 0 saturated carbocycles. The highest BCUT2D eigenvalue weighted by atomic mass is 31.2. The van der Waals surface area contributed by atoms with Gasteiger partial charge in [-0.05, 0) is 57.9 Å². The van der Waals surface area contributed by atoms with Gasteiger partial charge in [0.15, 0.2) is 11.9 Å². The minimum absolute atomic E-state index is 0.0119. The van der Waals surface area contributed by atoms with Gasteiger partial charge in [-0.1, -0.05) is 67.7 Å². The Kier molecular flexibility index (Phi) is 15.1. The zero-order chi connectivity index (χ0) is 32.5. The van der Waals surface area contributed by atoms with Crippen molar-refractivity contribution in [2.45, 2.75) is 89.3 Å². The minimum atomic E-state index is -4.13. The number of halogens is 1. The number of phosphoric acid groups is 1. The summed E-state index contributed by atoms with van der Waals surface area (Å²) < 4.78 is 51.4. The standard InChI is InChI=1S/C32H46FN4O7P/c1-3-4-5-6-7-8-9-10-11-12-13-14-15-16-17-18-19-20-28(38)35-22-24-41-45(40)42-25-26-29(44-45)32(2,33)30(43-26)37-23-21-27(34)36-31(37)39/h4-5,7-8,10-11,13-14,16-17,21,23,26,29-30H,3,6,9,12,15,18-20,22,24-25H2,1-2H3,(H,35,38)(H2,34,36,39)/b5-4-,8-7-,11-10-,14-13-,17-16-/t26-,29-,30-,32-,45?/m1/s1. The van der Waals surface area contributed by atoms with Gasteiger partial charge in [0.1, 0.15) is 18.0 Å². The zero-order valence-corrected chi connectivity index (χ0v) is 27.0. The summed E-state index contributed by atoms with van der Waals surface area (Å²) in [5.74, 6) is -0.178. The van der Waals surface area contributed by atoms with E-state index in [4.69, 9.17) is 24.0 Å². The van der Waals surface area contributed by atoms with E-state index in [0.717, 1.165) is 43.1 Å². The molecule has 0 aliphatic carbocycles. The summed E-state index contributed by atoms with van der Waals surface area (Å²) in [6.45, 7) is 2.96. The van der Waals surface area contributed by atoms with Gasteiger partial charge in [0.2, 0.25) is 5.91 Å². The summed E-state index contributed by atoms with van der Waals surface area (Å²) in [5, 5.41) is 2.70. The third-order valence-corrected chi connectivity index (χ3v) is 8.48. The van der Waals surface area contributed by atoms with Crippen LogP contribution in [0.15, 0.2) is 77.8 Å². The average Bonchev–Trinajstić information content (AvgIpc) is 3.26. The minimum Gasteiger partial charge on any atom is -0.383 e. The van der Waals surface area contributed by atoms with Crippen LogP contribution in [0.25, 0.3) is 0 Å². The number of anilines is 1. The maximum atomic E-state index is 15.8. The van der Waals surface area contributed by atoms with Crippen LogP contribution in [-0.4, -0.2) is 53.1 Å². The summed E-state index contributed by atoms with van der Waals surface area (Å²) in [6, 6.07) is 1.34. The van der Waals surface area contributed by atoms with Crippen molar-refractivity contribution in [2.24, 2.45) is 0 Å². The van der Waals surface area contributed by atoms with Crippen LogP contribution >= 0.6 is 7.82 Å². The van der Waals surface area contributed by atoms with Crippen LogP contribution in [0.5, 0.6) is 0 Å². The molecule has 0 radical (unpaired) electrons. The highest BCUT2D eigenvalue weighted by Gasteiger charge is 2.61. The Labute approximate surface area is 264 Å². The van der Waals surface area contributed by atoms with E-state index in [9.17, 15) is 14.2 Å². The van der Waals surface area contributed by atoms with E-state index in [2.05, 4.69) is 78.0 Å². The summed E-state index contributed by atoms with van der Waals surface area (Å²) in [5.41, 5.74) is 2.46. The number of carbonyl (C=O) groups is 1. The van der Waals surface area contributed by atoms with Crippen molar-refractivity contribution in [1.29, 1.82) is 0 Å². The summed E-state index contributed by atoms with van der Waals surface area (Å²) in [4.78, 5) is 27.9. The Balaban J connectivity index is 1.25. The Morgan fingerprint density at radius 2 is 1.76 bits per heavy atom. The molecule has 45 heavy (non-hydrogen) atoms. The molecule has 1 amide bonds. The van der Waals surface area contributed by atoms with Crippen molar-refractivity contribution >= 4 is 19.5 Å². The van der Waals surface area contributed by atoms with Gasteiger partial charge >= 0.3 is 13.5 Å². The maximum absolute atomic E-state index is 15.8. The first-order chi connectivity index (χ1) is 21.7. The SMILES string of the molecule is CC/C=C\C/C=C\C/C=C\C/C=C\C/C=C\CCCC(=O)NCCOP1(=O)OC[C@H]2O[C@@H](n3ccc(N)nc3=O)[C@](C)(F)[C@@H]2O1. The number of hydrogen-bond donors (Lipinski definition) is 2. The van der Waals surface area contributed by atoms with Crippen LogP contribution in [-0.2, 0) is 27.7 Å². The monoisotopic (exact) mass is 648 g/mol. The third kappa shape index (κ3) is 11.9. The van der Waals surface area contributed by atoms with Crippen LogP contribution in [0.4, 0.5) is 10.2 Å². The number of carbonyl (C=O) groups excluding carboxylic acids is 1. The molecule has 1 unspecified atom stereocenters. The fraction of sp³-hybridized carbons (Fsp3) is 0.531. The lowest BCUT2D eigenvalue weighted by atomic mass is 9.98. The van der Waals surface area contributed by atoms with Gasteiger partial charge < -0.3 is 15.8 Å². The Hall–Kier alpha value is -3.15. The number of alkyl halides is 1. The van der Waals surface area contributed by atoms with Crippen LogP contribution in [0.1, 0.15) is 71.4 Å². The molecular weight excluding hydrogens is 602 g/mol. The molecule has 2 aliphatic rings. The molecule has 5 atom stereocenters. The molecule has 2 saturated heterocycles. The van der Waals surface area contributed by atoms with E-state index in [1.165, 1.54) is 19.2 Å². The smallest absolute Gasteiger partial charge is 0.383 e. The molecule has 248 valence electrons. The van der Waals surface area contributed by atoms with Gasteiger partial charge in [0, 0.05) is 19.2 Å². The second kappa shape index (κ2) is 18.7. The lowest BCUT2D eigenvalue weighted by Crippen LogP contribution is -2.46. The Morgan fingerprint density at radius 1 is 1.13 bits per heavy atom. The van der Waals surface area contributed by atoms with E-state index in [0.29, 0.717) is 12.8 Å². The lowest BCUT2D eigenvalue weighted by Gasteiger charge is -2.33. The number of nitrogen functional groups attached to an aromatic ring is 1. The highest BCUT2D eigenvalue weighted by Crippen LogP contribution is 2.59. The average molecular weight is 649 g/mol. The van der Waals surface area contributed by atoms with Crippen LogP contribution in [0, 0.1) is 0 Å². The molecule has 0 spiro atoms. The molecule has 1 aromatic heterocycles. The molecule has 1 aromatic rings. The molecule has 13 heteroatoms. The van der Waals surface area contributed by atoms with Gasteiger partial charge in [0.25, 0.3) is 0 Å². The first-order valence-corrected chi connectivity index (χ1v) is 16.9. The first kappa shape index (κ1) is 36.3. The van der Waals surface area contributed by atoms with Crippen molar-refractivity contribution in [2.75, 3.05) is 25.5 Å². The number of nitrogens with two attached hydrogens (primary N) is 1. The van der Waals surface area contributed by atoms with Crippen LogP contribution < -0.4 is 16.7 Å². The number of fused-ring (bicyclic) bond motifs is 1. The second-order valence-corrected chi connectivity index (χ2v) is 12.4. The topological polar surface area (TPSA) is 144 Å². The van der Waals surface area contributed by atoms with Gasteiger partial charge in [-0.25, -0.2) is 13.8 Å². The molecule has 11 nitrogen and oxygen atoms in total. The van der Waals surface area contributed by atoms with E-state index < -0.39 is 37.6 Å². The molecule has 3 heterocycles. The van der Waals surface area contributed by atoms with E-state index >= 15 is 4.39 Å². The summed E-state index contributed by atoms with van der Waals surface area (Å²) in [6.07, 6.45) is 25.6.